The van der Waals surface area contributed by atoms with Crippen molar-refractivity contribution in [3.63, 3.8) is 0 Å². The summed E-state index contributed by atoms with van der Waals surface area (Å²) in [6.07, 6.45) is 4.46. The molecule has 0 saturated heterocycles. The van der Waals surface area contributed by atoms with Crippen LogP contribution in [0.25, 0.3) is 28.6 Å². The number of nitrogens with zero attached hydrogens (tertiary/aromatic N) is 2. The van der Waals surface area contributed by atoms with Gasteiger partial charge in [0, 0.05) is 5.75 Å². The van der Waals surface area contributed by atoms with Gasteiger partial charge in [-0.25, -0.2) is 4.57 Å². The third kappa shape index (κ3) is 1.84. The van der Waals surface area contributed by atoms with Gasteiger partial charge >= 0.3 is 0 Å². The molecule has 0 atom stereocenters. The number of benzene rings is 2. The van der Waals surface area contributed by atoms with Crippen molar-refractivity contribution in [3.05, 3.63) is 54.1 Å². The predicted molar refractivity (Wildman–Crippen MR) is 89.3 cm³/mol. The number of para-hydroxylation sites is 1. The highest BCUT2D eigenvalue weighted by atomic mass is 32.2. The van der Waals surface area contributed by atoms with Crippen molar-refractivity contribution in [2.75, 3.05) is 5.75 Å². The zero-order chi connectivity index (χ0) is 14.4. The molecule has 0 amide bonds. The number of rotatable bonds is 1. The lowest BCUT2D eigenvalue weighted by Gasteiger charge is -2.02. The summed E-state index contributed by atoms with van der Waals surface area (Å²) in [6, 6.07) is 15.2. The molecule has 104 valence electrons. The molecular weight excluding hydrogens is 276 g/mol. The minimum absolute atomic E-state index is 1.03. The average molecular weight is 293 g/mol. The van der Waals surface area contributed by atoms with Gasteiger partial charge in [0.1, 0.15) is 0 Å². The van der Waals surface area contributed by atoms with Crippen LogP contribution >= 0.6 is 11.8 Å². The zero-order valence-corrected chi connectivity index (χ0v) is 13.0. The molecule has 0 fully saturated rings. The summed E-state index contributed by atoms with van der Waals surface area (Å²) in [5.74, 6) is 2.27. The molecule has 0 bridgehead atoms. The van der Waals surface area contributed by atoms with Gasteiger partial charge in [0.2, 0.25) is 0 Å². The van der Waals surface area contributed by atoms with E-state index in [1.54, 1.807) is 0 Å². The van der Waals surface area contributed by atoms with Gasteiger partial charge in [-0.1, -0.05) is 24.3 Å². The molecule has 0 radical (unpaired) electrons. The SMILES string of the molecule is Cc1ccccc1-c1n(C)c2cccc3c2[n+]1C=CCS3. The molecule has 1 aliphatic heterocycles. The third-order valence-electron chi connectivity index (χ3n) is 4.10. The van der Waals surface area contributed by atoms with Crippen LogP contribution in [0.4, 0.5) is 0 Å². The van der Waals surface area contributed by atoms with Crippen LogP contribution < -0.4 is 4.57 Å². The lowest BCUT2D eigenvalue weighted by molar-refractivity contribution is -0.528. The van der Waals surface area contributed by atoms with Crippen LogP contribution in [0.1, 0.15) is 5.56 Å². The molecule has 0 spiro atoms. The summed E-state index contributed by atoms with van der Waals surface area (Å²) < 4.78 is 4.64. The minimum Gasteiger partial charge on any atom is -0.225 e. The Labute approximate surface area is 128 Å². The highest BCUT2D eigenvalue weighted by Gasteiger charge is 2.27. The second-order valence-electron chi connectivity index (χ2n) is 5.39. The average Bonchev–Trinajstić information content (AvgIpc) is 2.66. The van der Waals surface area contributed by atoms with E-state index in [9.17, 15) is 0 Å². The number of thioether (sulfide) groups is 1. The lowest BCUT2D eigenvalue weighted by atomic mass is 10.1. The summed E-state index contributed by atoms with van der Waals surface area (Å²) in [4.78, 5) is 1.35. The molecule has 0 unspecified atom stereocenters. The fourth-order valence-electron chi connectivity index (χ4n) is 3.09. The summed E-state index contributed by atoms with van der Waals surface area (Å²) in [6.45, 7) is 2.18. The second kappa shape index (κ2) is 4.78. The van der Waals surface area contributed by atoms with E-state index in [1.165, 1.54) is 32.9 Å². The lowest BCUT2D eigenvalue weighted by Crippen LogP contribution is -2.28. The van der Waals surface area contributed by atoms with Crippen molar-refractivity contribution < 1.29 is 4.57 Å². The highest BCUT2D eigenvalue weighted by Crippen LogP contribution is 2.32. The first-order valence-electron chi connectivity index (χ1n) is 7.16. The monoisotopic (exact) mass is 293 g/mol. The van der Waals surface area contributed by atoms with Gasteiger partial charge in [-0.3, -0.25) is 0 Å². The van der Waals surface area contributed by atoms with Crippen molar-refractivity contribution in [1.29, 1.82) is 0 Å². The van der Waals surface area contributed by atoms with E-state index < -0.39 is 0 Å². The minimum atomic E-state index is 1.03. The molecule has 21 heavy (non-hydrogen) atoms. The van der Waals surface area contributed by atoms with Crippen molar-refractivity contribution in [3.8, 4) is 11.4 Å². The molecule has 4 rings (SSSR count). The first-order valence-corrected chi connectivity index (χ1v) is 8.14. The molecule has 2 heterocycles. The van der Waals surface area contributed by atoms with Gasteiger partial charge < -0.3 is 0 Å². The van der Waals surface area contributed by atoms with Crippen LogP contribution in [-0.2, 0) is 7.05 Å². The second-order valence-corrected chi connectivity index (χ2v) is 6.45. The van der Waals surface area contributed by atoms with E-state index in [1.807, 2.05) is 11.8 Å². The molecule has 0 aliphatic carbocycles. The van der Waals surface area contributed by atoms with Crippen LogP contribution in [-0.4, -0.2) is 10.3 Å². The Morgan fingerprint density at radius 1 is 1.10 bits per heavy atom. The molecule has 0 N–H and O–H groups in total. The van der Waals surface area contributed by atoms with Crippen LogP contribution in [0.15, 0.2) is 53.4 Å². The fraction of sp³-hybridized carbons (Fsp3) is 0.167. The van der Waals surface area contributed by atoms with E-state index in [0.717, 1.165) is 5.75 Å². The van der Waals surface area contributed by atoms with Crippen LogP contribution in [0.2, 0.25) is 0 Å². The van der Waals surface area contributed by atoms with Crippen molar-refractivity contribution in [2.24, 2.45) is 7.05 Å². The van der Waals surface area contributed by atoms with E-state index in [2.05, 4.69) is 77.8 Å². The first-order chi connectivity index (χ1) is 10.3. The number of imidazole rings is 1. The summed E-state index contributed by atoms with van der Waals surface area (Å²) >= 11 is 1.90. The van der Waals surface area contributed by atoms with Crippen molar-refractivity contribution in [2.45, 2.75) is 11.8 Å². The smallest absolute Gasteiger partial charge is 0.225 e. The number of aryl methyl sites for hydroxylation is 2. The topological polar surface area (TPSA) is 8.81 Å². The van der Waals surface area contributed by atoms with Gasteiger partial charge in [-0.05, 0) is 36.8 Å². The van der Waals surface area contributed by atoms with E-state index in [-0.39, 0.29) is 0 Å². The summed E-state index contributed by atoms with van der Waals surface area (Å²) in [5, 5.41) is 0. The van der Waals surface area contributed by atoms with Gasteiger partial charge in [0.15, 0.2) is 11.0 Å². The van der Waals surface area contributed by atoms with Crippen molar-refractivity contribution >= 4 is 29.0 Å². The van der Waals surface area contributed by atoms with Crippen LogP contribution in [0.3, 0.4) is 0 Å². The van der Waals surface area contributed by atoms with Crippen molar-refractivity contribution in [1.82, 2.24) is 4.57 Å². The van der Waals surface area contributed by atoms with Gasteiger partial charge in [-0.2, -0.15) is 4.57 Å². The standard InChI is InChI=1S/C18H17N2S/c1-13-7-3-4-8-14(13)18-19(2)15-9-5-10-16-17(15)20(18)11-6-12-21-16/h3-11H,12H2,1-2H3/q+1. The Balaban J connectivity index is 2.17. The zero-order valence-electron chi connectivity index (χ0n) is 12.2. The largest absolute Gasteiger partial charge is 0.294 e. The maximum atomic E-state index is 2.34. The Bertz CT molecular complexity index is 874. The fourth-order valence-corrected chi connectivity index (χ4v) is 3.96. The predicted octanol–water partition coefficient (Wildman–Crippen LogP) is 4.02. The summed E-state index contributed by atoms with van der Waals surface area (Å²) in [5.41, 5.74) is 5.19. The van der Waals surface area contributed by atoms with E-state index >= 15 is 0 Å². The van der Waals surface area contributed by atoms with E-state index in [0.29, 0.717) is 0 Å². The number of hydrogen-bond donors (Lipinski definition) is 0. The van der Waals surface area contributed by atoms with Crippen LogP contribution in [0.5, 0.6) is 0 Å². The van der Waals surface area contributed by atoms with E-state index in [4.69, 9.17) is 0 Å². The Morgan fingerprint density at radius 2 is 1.95 bits per heavy atom. The molecule has 1 aromatic heterocycles. The van der Waals surface area contributed by atoms with Gasteiger partial charge in [0.05, 0.1) is 23.7 Å². The third-order valence-corrected chi connectivity index (χ3v) is 5.10. The molecule has 0 saturated carbocycles. The Kier molecular flexibility index (Phi) is 2.89. The number of aromatic nitrogens is 2. The molecule has 3 heteroatoms. The van der Waals surface area contributed by atoms with Crippen LogP contribution in [0, 0.1) is 6.92 Å². The van der Waals surface area contributed by atoms with Gasteiger partial charge in [-0.15, -0.1) is 11.8 Å². The first kappa shape index (κ1) is 12.7. The number of hydrogen-bond acceptors (Lipinski definition) is 1. The molecule has 2 nitrogen and oxygen atoms in total. The molecule has 2 aromatic carbocycles. The normalized spacial score (nSPS) is 13.6. The van der Waals surface area contributed by atoms with Gasteiger partial charge in [0.25, 0.3) is 5.82 Å². The molecule has 3 aromatic rings. The quantitative estimate of drug-likeness (QED) is 0.616. The maximum Gasteiger partial charge on any atom is 0.294 e. The Hall–Kier alpha value is -2.00. The molecular formula is C18H17N2S+. The Morgan fingerprint density at radius 3 is 2.81 bits per heavy atom. The summed E-state index contributed by atoms with van der Waals surface area (Å²) in [7, 11) is 2.16. The highest BCUT2D eigenvalue weighted by molar-refractivity contribution is 7.99. The maximum absolute atomic E-state index is 2.34. The molecule has 1 aliphatic rings.